The van der Waals surface area contributed by atoms with Crippen LogP contribution in [0, 0.1) is 0 Å². The van der Waals surface area contributed by atoms with Gasteiger partial charge in [-0.3, -0.25) is 9.88 Å². The molecule has 0 radical (unpaired) electrons. The summed E-state index contributed by atoms with van der Waals surface area (Å²) in [6.07, 6.45) is 5.33. The fourth-order valence-corrected chi connectivity index (χ4v) is 4.08. The van der Waals surface area contributed by atoms with Crippen LogP contribution < -0.4 is 0 Å². The van der Waals surface area contributed by atoms with Gasteiger partial charge in [0.2, 0.25) is 0 Å². The van der Waals surface area contributed by atoms with Crippen molar-refractivity contribution in [2.75, 3.05) is 0 Å². The van der Waals surface area contributed by atoms with Gasteiger partial charge in [0, 0.05) is 23.8 Å². The molecule has 0 bridgehead atoms. The second kappa shape index (κ2) is 8.26. The van der Waals surface area contributed by atoms with E-state index in [9.17, 15) is 0 Å². The van der Waals surface area contributed by atoms with E-state index in [0.29, 0.717) is 6.54 Å². The number of hydrogen-bond donors (Lipinski definition) is 0. The fourth-order valence-electron chi connectivity index (χ4n) is 3.36. The molecule has 0 fully saturated rings. The second-order valence-corrected chi connectivity index (χ2v) is 8.90. The van der Waals surface area contributed by atoms with E-state index in [1.807, 2.05) is 41.3 Å². The SMILES string of the molecule is CC(C)(C)n1nnnc1[C@@H](c1ccncc1)N(Cc1ccco1)Cc1cccs1. The molecule has 4 heterocycles. The van der Waals surface area contributed by atoms with Crippen LogP contribution >= 0.6 is 11.3 Å². The van der Waals surface area contributed by atoms with Gasteiger partial charge in [-0.15, -0.1) is 16.4 Å². The number of thiophene rings is 1. The van der Waals surface area contributed by atoms with Crippen LogP contribution in [0.2, 0.25) is 0 Å². The van der Waals surface area contributed by atoms with Gasteiger partial charge in [-0.05, 0) is 72.5 Å². The third-order valence-corrected chi connectivity index (χ3v) is 5.50. The highest BCUT2D eigenvalue weighted by molar-refractivity contribution is 7.09. The molecule has 0 aliphatic rings. The largest absolute Gasteiger partial charge is 0.468 e. The van der Waals surface area contributed by atoms with Gasteiger partial charge in [-0.1, -0.05) is 6.07 Å². The van der Waals surface area contributed by atoms with Crippen molar-refractivity contribution in [1.82, 2.24) is 30.1 Å². The van der Waals surface area contributed by atoms with Gasteiger partial charge in [0.1, 0.15) is 5.76 Å². The molecule has 29 heavy (non-hydrogen) atoms. The summed E-state index contributed by atoms with van der Waals surface area (Å²) in [7, 11) is 0. The van der Waals surface area contributed by atoms with E-state index in [1.165, 1.54) is 4.88 Å². The van der Waals surface area contributed by atoms with Crippen LogP contribution in [-0.4, -0.2) is 30.1 Å². The van der Waals surface area contributed by atoms with Crippen LogP contribution in [-0.2, 0) is 18.6 Å². The summed E-state index contributed by atoms with van der Waals surface area (Å²) in [4.78, 5) is 7.81. The second-order valence-electron chi connectivity index (χ2n) is 7.87. The first-order valence-electron chi connectivity index (χ1n) is 9.50. The monoisotopic (exact) mass is 408 g/mol. The molecule has 0 unspecified atom stereocenters. The number of hydrogen-bond acceptors (Lipinski definition) is 7. The minimum absolute atomic E-state index is 0.153. The van der Waals surface area contributed by atoms with E-state index in [1.54, 1.807) is 17.6 Å². The molecule has 4 rings (SSSR count). The van der Waals surface area contributed by atoms with E-state index >= 15 is 0 Å². The average Bonchev–Trinajstić information content (AvgIpc) is 3.45. The summed E-state index contributed by atoms with van der Waals surface area (Å²) in [5.41, 5.74) is 0.840. The number of nitrogens with zero attached hydrogens (tertiary/aromatic N) is 6. The smallest absolute Gasteiger partial charge is 0.173 e. The molecule has 8 heteroatoms. The molecule has 7 nitrogen and oxygen atoms in total. The van der Waals surface area contributed by atoms with Gasteiger partial charge < -0.3 is 4.42 Å². The minimum Gasteiger partial charge on any atom is -0.468 e. The standard InChI is InChI=1S/C21H24N6OS/c1-21(2,3)27-20(23-24-25-27)19(16-8-10-22-11-9-16)26(14-17-6-4-12-28-17)15-18-7-5-13-29-18/h4-13,19H,14-15H2,1-3H3/t19-/m1/s1. The molecule has 0 spiro atoms. The zero-order valence-electron chi connectivity index (χ0n) is 16.8. The minimum atomic E-state index is -0.247. The predicted molar refractivity (Wildman–Crippen MR) is 111 cm³/mol. The highest BCUT2D eigenvalue weighted by atomic mass is 32.1. The van der Waals surface area contributed by atoms with Crippen LogP contribution in [0.25, 0.3) is 0 Å². The molecule has 4 aromatic rings. The Balaban J connectivity index is 1.81. The van der Waals surface area contributed by atoms with Crippen LogP contribution in [0.5, 0.6) is 0 Å². The maximum atomic E-state index is 5.68. The molecule has 0 saturated carbocycles. The Labute approximate surface area is 174 Å². The van der Waals surface area contributed by atoms with Crippen molar-refractivity contribution in [1.29, 1.82) is 0 Å². The summed E-state index contributed by atoms with van der Waals surface area (Å²) in [6.45, 7) is 7.70. The molecular formula is C21H24N6OS. The lowest BCUT2D eigenvalue weighted by atomic mass is 10.0. The number of tetrazole rings is 1. The van der Waals surface area contributed by atoms with Gasteiger partial charge in [0.15, 0.2) is 5.82 Å². The van der Waals surface area contributed by atoms with Crippen LogP contribution in [0.1, 0.15) is 48.8 Å². The number of pyridine rings is 1. The lowest BCUT2D eigenvalue weighted by Crippen LogP contribution is -2.34. The number of furan rings is 1. The number of rotatable bonds is 7. The first kappa shape index (κ1) is 19.5. The molecule has 4 aromatic heterocycles. The lowest BCUT2D eigenvalue weighted by Gasteiger charge is -2.32. The zero-order valence-corrected chi connectivity index (χ0v) is 17.6. The normalized spacial score (nSPS) is 13.1. The molecule has 0 aliphatic carbocycles. The highest BCUT2D eigenvalue weighted by Crippen LogP contribution is 2.32. The van der Waals surface area contributed by atoms with Crippen molar-refractivity contribution < 1.29 is 4.42 Å². The average molecular weight is 409 g/mol. The zero-order chi connectivity index (χ0) is 20.3. The van der Waals surface area contributed by atoms with Crippen LogP contribution in [0.15, 0.2) is 64.9 Å². The van der Waals surface area contributed by atoms with Gasteiger partial charge in [-0.25, -0.2) is 4.68 Å². The predicted octanol–water partition coefficient (Wildman–Crippen LogP) is 4.27. The van der Waals surface area contributed by atoms with E-state index in [2.05, 4.69) is 63.7 Å². The molecule has 0 aliphatic heterocycles. The Kier molecular flexibility index (Phi) is 5.55. The first-order chi connectivity index (χ1) is 14.0. The van der Waals surface area contributed by atoms with E-state index in [0.717, 1.165) is 23.7 Å². The molecule has 150 valence electrons. The topological polar surface area (TPSA) is 72.9 Å². The number of aromatic nitrogens is 5. The third-order valence-electron chi connectivity index (χ3n) is 4.64. The maximum Gasteiger partial charge on any atom is 0.173 e. The van der Waals surface area contributed by atoms with Gasteiger partial charge in [0.25, 0.3) is 0 Å². The van der Waals surface area contributed by atoms with Crippen molar-refractivity contribution in [3.63, 3.8) is 0 Å². The Morgan fingerprint density at radius 2 is 1.93 bits per heavy atom. The summed E-state index contributed by atoms with van der Waals surface area (Å²) in [5.74, 6) is 1.70. The van der Waals surface area contributed by atoms with Crippen molar-refractivity contribution in [2.24, 2.45) is 0 Å². The summed E-state index contributed by atoms with van der Waals surface area (Å²) in [5, 5.41) is 14.9. The quantitative estimate of drug-likeness (QED) is 0.455. The third kappa shape index (κ3) is 4.44. The molecule has 0 saturated heterocycles. The van der Waals surface area contributed by atoms with Crippen molar-refractivity contribution in [3.8, 4) is 0 Å². The van der Waals surface area contributed by atoms with E-state index < -0.39 is 0 Å². The van der Waals surface area contributed by atoms with Crippen molar-refractivity contribution >= 4 is 11.3 Å². The fraction of sp³-hybridized carbons (Fsp3) is 0.333. The summed E-state index contributed by atoms with van der Waals surface area (Å²) < 4.78 is 7.58. The lowest BCUT2D eigenvalue weighted by molar-refractivity contribution is 0.174. The highest BCUT2D eigenvalue weighted by Gasteiger charge is 2.32. The van der Waals surface area contributed by atoms with E-state index in [4.69, 9.17) is 4.42 Å². The van der Waals surface area contributed by atoms with Gasteiger partial charge in [0.05, 0.1) is 24.4 Å². The molecule has 0 aromatic carbocycles. The first-order valence-corrected chi connectivity index (χ1v) is 10.4. The Morgan fingerprint density at radius 1 is 1.10 bits per heavy atom. The van der Waals surface area contributed by atoms with Crippen molar-refractivity contribution in [3.05, 3.63) is 82.5 Å². The van der Waals surface area contributed by atoms with Gasteiger partial charge in [-0.2, -0.15) is 0 Å². The Bertz CT molecular complexity index is 969. The molecule has 1 atom stereocenters. The maximum absolute atomic E-state index is 5.68. The molecule has 0 amide bonds. The Hall–Kier alpha value is -2.84. The van der Waals surface area contributed by atoms with Gasteiger partial charge >= 0.3 is 0 Å². The molecular weight excluding hydrogens is 384 g/mol. The van der Waals surface area contributed by atoms with E-state index in [-0.39, 0.29) is 11.6 Å². The summed E-state index contributed by atoms with van der Waals surface area (Å²) >= 11 is 1.74. The summed E-state index contributed by atoms with van der Waals surface area (Å²) in [6, 6.07) is 12.0. The Morgan fingerprint density at radius 3 is 2.59 bits per heavy atom. The van der Waals surface area contributed by atoms with Crippen molar-refractivity contribution in [2.45, 2.75) is 45.4 Å². The van der Waals surface area contributed by atoms with Crippen LogP contribution in [0.3, 0.4) is 0 Å². The van der Waals surface area contributed by atoms with Crippen LogP contribution in [0.4, 0.5) is 0 Å². The molecule has 0 N–H and O–H groups in total.